The van der Waals surface area contributed by atoms with Crippen molar-refractivity contribution >= 4 is 22.6 Å². The molecule has 0 spiro atoms. The number of carbonyl (C=O) groups excluding carboxylic acids is 1. The van der Waals surface area contributed by atoms with Gasteiger partial charge in [-0.05, 0) is 24.8 Å². The Hall–Kier alpha value is -3.10. The Balaban J connectivity index is 1.89. The first-order valence-electron chi connectivity index (χ1n) is 9.46. The number of anilines is 1. The zero-order valence-electron chi connectivity index (χ0n) is 16.4. The van der Waals surface area contributed by atoms with Gasteiger partial charge in [-0.25, -0.2) is 9.97 Å². The normalized spacial score (nSPS) is 14.2. The second-order valence-electron chi connectivity index (χ2n) is 7.24. The number of halogens is 2. The minimum Gasteiger partial charge on any atom is -0.474 e. The number of hydrogen-bond donors (Lipinski definition) is 1. The molecule has 1 saturated carbocycles. The zero-order chi connectivity index (χ0) is 20.8. The first kappa shape index (κ1) is 19.2. The van der Waals surface area contributed by atoms with Crippen molar-refractivity contribution in [2.24, 2.45) is 0 Å². The van der Waals surface area contributed by atoms with E-state index < -0.39 is 11.7 Å². The molecule has 0 aliphatic heterocycles. The van der Waals surface area contributed by atoms with Crippen LogP contribution in [0.1, 0.15) is 45.0 Å². The lowest BCUT2D eigenvalue weighted by Crippen LogP contribution is -2.16. The summed E-state index contributed by atoms with van der Waals surface area (Å²) < 4.78 is 35.4. The van der Waals surface area contributed by atoms with Crippen LogP contribution in [0.5, 0.6) is 5.88 Å². The van der Waals surface area contributed by atoms with Gasteiger partial charge in [0.2, 0.25) is 17.6 Å². The lowest BCUT2D eigenvalue weighted by Gasteiger charge is -2.14. The largest absolute Gasteiger partial charge is 0.474 e. The molecule has 0 aromatic carbocycles. The van der Waals surface area contributed by atoms with E-state index in [2.05, 4.69) is 20.3 Å². The van der Waals surface area contributed by atoms with Gasteiger partial charge in [-0.3, -0.25) is 4.79 Å². The lowest BCUT2D eigenvalue weighted by atomic mass is 10.2. The minimum atomic E-state index is -3.21. The second kappa shape index (κ2) is 7.06. The maximum Gasteiger partial charge on any atom is 0.304 e. The SMILES string of the molecule is CCc1cn(-c2cc(OC3CC3)nc(C(C)(F)F)n2)c2cc(NC(C)=O)ncc12. The van der Waals surface area contributed by atoms with Gasteiger partial charge < -0.3 is 14.6 Å². The Kier molecular flexibility index (Phi) is 4.68. The van der Waals surface area contributed by atoms with Gasteiger partial charge in [0, 0.05) is 43.8 Å². The van der Waals surface area contributed by atoms with Crippen LogP contribution in [-0.4, -0.2) is 31.5 Å². The van der Waals surface area contributed by atoms with E-state index in [0.29, 0.717) is 11.3 Å². The number of fused-ring (bicyclic) bond motifs is 1. The van der Waals surface area contributed by atoms with Crippen molar-refractivity contribution in [2.75, 3.05) is 5.32 Å². The summed E-state index contributed by atoms with van der Waals surface area (Å²) in [4.78, 5) is 23.7. The van der Waals surface area contributed by atoms with E-state index in [1.165, 1.54) is 6.92 Å². The summed E-state index contributed by atoms with van der Waals surface area (Å²) >= 11 is 0. The van der Waals surface area contributed by atoms with Crippen molar-refractivity contribution in [2.45, 2.75) is 52.1 Å². The third kappa shape index (κ3) is 4.03. The fourth-order valence-electron chi connectivity index (χ4n) is 3.06. The Morgan fingerprint density at radius 3 is 2.72 bits per heavy atom. The van der Waals surface area contributed by atoms with Gasteiger partial charge in [0.1, 0.15) is 17.7 Å². The highest BCUT2D eigenvalue weighted by Gasteiger charge is 2.31. The number of carbonyl (C=O) groups is 1. The minimum absolute atomic E-state index is 0.0132. The van der Waals surface area contributed by atoms with Crippen molar-refractivity contribution < 1.29 is 18.3 Å². The zero-order valence-corrected chi connectivity index (χ0v) is 16.4. The molecule has 0 radical (unpaired) electrons. The third-order valence-corrected chi connectivity index (χ3v) is 4.60. The van der Waals surface area contributed by atoms with Crippen molar-refractivity contribution in [1.82, 2.24) is 19.5 Å². The molecular weight excluding hydrogens is 380 g/mol. The number of nitrogens with one attached hydrogen (secondary N) is 1. The number of amides is 1. The van der Waals surface area contributed by atoms with E-state index in [9.17, 15) is 13.6 Å². The molecule has 29 heavy (non-hydrogen) atoms. The molecule has 1 aliphatic rings. The summed E-state index contributed by atoms with van der Waals surface area (Å²) in [6.45, 7) is 4.15. The van der Waals surface area contributed by atoms with E-state index >= 15 is 0 Å². The standard InChI is InChI=1S/C20H21F2N5O2/c1-4-12-10-27(15-7-16(24-11(2)28)23-9-14(12)15)17-8-18(29-13-5-6-13)26-19(25-17)20(3,21)22/h7-10,13H,4-6H2,1-3H3,(H,23,24,28). The summed E-state index contributed by atoms with van der Waals surface area (Å²) in [5, 5.41) is 3.50. The molecule has 9 heteroatoms. The van der Waals surface area contributed by atoms with Gasteiger partial charge in [-0.1, -0.05) is 6.92 Å². The van der Waals surface area contributed by atoms with Crippen LogP contribution in [0.3, 0.4) is 0 Å². The highest BCUT2D eigenvalue weighted by atomic mass is 19.3. The predicted octanol–water partition coefficient (Wildman–Crippen LogP) is 3.99. The first-order valence-corrected chi connectivity index (χ1v) is 9.46. The smallest absolute Gasteiger partial charge is 0.304 e. The maximum absolute atomic E-state index is 14.0. The van der Waals surface area contributed by atoms with E-state index in [0.717, 1.165) is 37.1 Å². The van der Waals surface area contributed by atoms with E-state index in [-0.39, 0.29) is 23.7 Å². The number of nitrogens with zero attached hydrogens (tertiary/aromatic N) is 4. The van der Waals surface area contributed by atoms with Crippen LogP contribution in [0, 0.1) is 0 Å². The molecule has 3 aromatic heterocycles. The topological polar surface area (TPSA) is 81.9 Å². The lowest BCUT2D eigenvalue weighted by molar-refractivity contribution is -0.114. The first-order chi connectivity index (χ1) is 13.7. The van der Waals surface area contributed by atoms with Crippen LogP contribution in [0.2, 0.25) is 0 Å². The molecule has 4 rings (SSSR count). The number of alkyl halides is 2. The highest BCUT2D eigenvalue weighted by Crippen LogP contribution is 2.32. The number of hydrogen-bond acceptors (Lipinski definition) is 5. The molecule has 1 N–H and O–H groups in total. The fraction of sp³-hybridized carbons (Fsp3) is 0.400. The van der Waals surface area contributed by atoms with Gasteiger partial charge in [-0.2, -0.15) is 13.8 Å². The Morgan fingerprint density at radius 2 is 2.10 bits per heavy atom. The number of aromatic nitrogens is 4. The summed E-state index contributed by atoms with van der Waals surface area (Å²) in [6.07, 6.45) is 6.00. The summed E-state index contributed by atoms with van der Waals surface area (Å²) in [7, 11) is 0. The summed E-state index contributed by atoms with van der Waals surface area (Å²) in [6, 6.07) is 3.26. The van der Waals surface area contributed by atoms with E-state index in [4.69, 9.17) is 4.74 Å². The van der Waals surface area contributed by atoms with Crippen LogP contribution >= 0.6 is 0 Å². The van der Waals surface area contributed by atoms with Gasteiger partial charge in [-0.15, -0.1) is 0 Å². The quantitative estimate of drug-likeness (QED) is 0.675. The summed E-state index contributed by atoms with van der Waals surface area (Å²) in [5.41, 5.74) is 1.68. The van der Waals surface area contributed by atoms with Crippen LogP contribution in [-0.2, 0) is 17.1 Å². The highest BCUT2D eigenvalue weighted by molar-refractivity contribution is 5.92. The molecule has 1 aliphatic carbocycles. The maximum atomic E-state index is 14.0. The molecular formula is C20H21F2N5O2. The van der Waals surface area contributed by atoms with Crippen molar-refractivity contribution in [3.8, 4) is 11.7 Å². The molecule has 0 saturated heterocycles. The molecule has 0 atom stereocenters. The van der Waals surface area contributed by atoms with Crippen LogP contribution < -0.4 is 10.1 Å². The predicted molar refractivity (Wildman–Crippen MR) is 104 cm³/mol. The number of ether oxygens (including phenoxy) is 1. The molecule has 1 amide bonds. The molecule has 3 heterocycles. The van der Waals surface area contributed by atoms with Crippen molar-refractivity contribution in [1.29, 1.82) is 0 Å². The Bertz CT molecular complexity index is 1090. The van der Waals surface area contributed by atoms with Crippen molar-refractivity contribution in [3.05, 3.63) is 35.9 Å². The average molecular weight is 401 g/mol. The average Bonchev–Trinajstić information content (AvgIpc) is 3.38. The number of pyridine rings is 1. The second-order valence-corrected chi connectivity index (χ2v) is 7.24. The Labute approximate surface area is 166 Å². The van der Waals surface area contributed by atoms with Gasteiger partial charge in [0.15, 0.2) is 0 Å². The van der Waals surface area contributed by atoms with Gasteiger partial charge >= 0.3 is 5.92 Å². The summed E-state index contributed by atoms with van der Waals surface area (Å²) in [5.74, 6) is -3.28. The van der Waals surface area contributed by atoms with E-state index in [1.54, 1.807) is 22.9 Å². The fourth-order valence-corrected chi connectivity index (χ4v) is 3.06. The van der Waals surface area contributed by atoms with Crippen molar-refractivity contribution in [3.63, 3.8) is 0 Å². The molecule has 7 nitrogen and oxygen atoms in total. The molecule has 0 bridgehead atoms. The molecule has 1 fully saturated rings. The van der Waals surface area contributed by atoms with Crippen LogP contribution in [0.4, 0.5) is 14.6 Å². The van der Waals surface area contributed by atoms with Gasteiger partial charge in [0.05, 0.1) is 5.52 Å². The number of rotatable bonds is 6. The third-order valence-electron chi connectivity index (χ3n) is 4.60. The van der Waals surface area contributed by atoms with E-state index in [1.807, 2.05) is 13.1 Å². The number of aryl methyl sites for hydroxylation is 1. The van der Waals surface area contributed by atoms with Crippen LogP contribution in [0.15, 0.2) is 24.5 Å². The van der Waals surface area contributed by atoms with Gasteiger partial charge in [0.25, 0.3) is 0 Å². The monoisotopic (exact) mass is 401 g/mol. The molecule has 3 aromatic rings. The molecule has 152 valence electrons. The molecule has 0 unspecified atom stereocenters. The van der Waals surface area contributed by atoms with Crippen LogP contribution in [0.25, 0.3) is 16.7 Å². The Morgan fingerprint density at radius 1 is 1.34 bits per heavy atom.